The third-order valence-corrected chi connectivity index (χ3v) is 9.63. The fourth-order valence-electron chi connectivity index (χ4n) is 6.44. The highest BCUT2D eigenvalue weighted by Gasteiger charge is 2.95. The number of aromatic nitrogens is 1. The van der Waals surface area contributed by atoms with Crippen molar-refractivity contribution < 1.29 is 9.90 Å². The van der Waals surface area contributed by atoms with Gasteiger partial charge >= 0.3 is 0 Å². The molecule has 4 fully saturated rings. The molecule has 0 radical (unpaired) electrons. The van der Waals surface area contributed by atoms with Crippen molar-refractivity contribution in [1.29, 1.82) is 0 Å². The normalized spacial score (nSPS) is 44.4. The molecule has 0 aromatic carbocycles. The molecule has 8 rings (SSSR count). The Hall–Kier alpha value is -1.47. The summed E-state index contributed by atoms with van der Waals surface area (Å²) in [4.78, 5) is 20.7. The molecule has 7 heteroatoms. The Morgan fingerprint density at radius 2 is 2.32 bits per heavy atom. The van der Waals surface area contributed by atoms with E-state index in [2.05, 4.69) is 32.3 Å². The number of aliphatic imine (C=N–C) groups is 1. The fourth-order valence-corrected chi connectivity index (χ4v) is 9.21. The highest BCUT2D eigenvalue weighted by molar-refractivity contribution is 9.12. The van der Waals surface area contributed by atoms with Crippen molar-refractivity contribution in [2.24, 2.45) is 15.8 Å². The van der Waals surface area contributed by atoms with Crippen molar-refractivity contribution in [3.63, 3.8) is 0 Å². The van der Waals surface area contributed by atoms with Crippen LogP contribution in [0, 0.1) is 10.8 Å². The Kier molecular flexibility index (Phi) is 2.00. The monoisotopic (exact) mass is 414 g/mol. The van der Waals surface area contributed by atoms with E-state index in [0.717, 1.165) is 36.4 Å². The van der Waals surface area contributed by atoms with Crippen LogP contribution in [0.5, 0.6) is 0 Å². The topological polar surface area (TPSA) is 80.3 Å². The van der Waals surface area contributed by atoms with Crippen molar-refractivity contribution in [1.82, 2.24) is 10.3 Å². The highest BCUT2D eigenvalue weighted by Crippen LogP contribution is 2.93. The number of hydrogen-bond acceptors (Lipinski definition) is 5. The molecule has 5 nitrogen and oxygen atoms in total. The van der Waals surface area contributed by atoms with Crippen LogP contribution in [0.1, 0.15) is 29.7 Å². The lowest BCUT2D eigenvalue weighted by atomic mass is 9.72. The maximum atomic E-state index is 13.3. The number of rotatable bonds is 0. The number of thioether (sulfide) groups is 1. The van der Waals surface area contributed by atoms with Crippen LogP contribution in [0.2, 0.25) is 0 Å². The number of aromatic amines is 1. The lowest BCUT2D eigenvalue weighted by Gasteiger charge is -2.46. The summed E-state index contributed by atoms with van der Waals surface area (Å²) in [7, 11) is 0. The molecule has 126 valence electrons. The quantitative estimate of drug-likeness (QED) is 0.672. The van der Waals surface area contributed by atoms with Crippen LogP contribution in [-0.4, -0.2) is 33.1 Å². The summed E-state index contributed by atoms with van der Waals surface area (Å²) >= 11 is 5.35. The first kappa shape index (κ1) is 13.7. The van der Waals surface area contributed by atoms with E-state index in [4.69, 9.17) is 4.99 Å². The highest BCUT2D eigenvalue weighted by atomic mass is 79.9. The van der Waals surface area contributed by atoms with E-state index in [0.29, 0.717) is 16.6 Å². The second-order valence-electron chi connectivity index (χ2n) is 7.84. The SMILES string of the molecule is O=C1CC23SC4CC2(C=C1Br)C31C2=NCCc3c[nH]c(c32)C([O-])=C1N4. The van der Waals surface area contributed by atoms with Gasteiger partial charge in [-0.2, -0.15) is 0 Å². The van der Waals surface area contributed by atoms with Crippen molar-refractivity contribution in [2.45, 2.75) is 29.4 Å². The molecule has 4 bridgehead atoms. The molecule has 1 aromatic heterocycles. The van der Waals surface area contributed by atoms with Gasteiger partial charge in [0.2, 0.25) is 0 Å². The molecule has 1 saturated carbocycles. The molecule has 4 aliphatic heterocycles. The molecular formula is C18H13BrN3O2S-. The molecule has 2 N–H and O–H groups in total. The first-order valence-electron chi connectivity index (χ1n) is 8.59. The zero-order valence-electron chi connectivity index (χ0n) is 13.1. The van der Waals surface area contributed by atoms with E-state index in [1.165, 1.54) is 5.56 Å². The minimum absolute atomic E-state index is 0.0669. The third-order valence-electron chi connectivity index (χ3n) is 7.17. The van der Waals surface area contributed by atoms with Crippen LogP contribution in [0.3, 0.4) is 0 Å². The number of nitrogens with zero attached hydrogens (tertiary/aromatic N) is 1. The average molecular weight is 415 g/mol. The molecule has 3 spiro atoms. The Labute approximate surface area is 156 Å². The number of hydrogen-bond donors (Lipinski definition) is 2. The van der Waals surface area contributed by atoms with Gasteiger partial charge in [0.1, 0.15) is 0 Å². The third kappa shape index (κ3) is 1.06. The molecule has 4 atom stereocenters. The summed E-state index contributed by atoms with van der Waals surface area (Å²) < 4.78 is 0.434. The van der Waals surface area contributed by atoms with Crippen LogP contribution in [-0.2, 0) is 11.2 Å². The zero-order chi connectivity index (χ0) is 16.8. The Morgan fingerprint density at radius 1 is 1.44 bits per heavy atom. The zero-order valence-corrected chi connectivity index (χ0v) is 15.5. The molecular weight excluding hydrogens is 402 g/mol. The number of allylic oxidation sites excluding steroid dienone is 3. The minimum Gasteiger partial charge on any atom is -0.870 e. The van der Waals surface area contributed by atoms with Gasteiger partial charge in [0.05, 0.1) is 25.7 Å². The van der Waals surface area contributed by atoms with Crippen LogP contribution in [0.25, 0.3) is 5.76 Å². The number of carbonyl (C=O) groups is 1. The summed E-state index contributed by atoms with van der Waals surface area (Å²) in [6, 6.07) is 0. The molecule has 3 saturated heterocycles. The standard InChI is InChI=1S/C18H14BrN3O2S/c19-8-3-16-5-10-22-15-13(24)12-11-7(6-21-12)1-2-20-14(11)18(15,16)17(16,25-10)4-9(8)23/h3,6,10,21-22,24H,1-2,4-5H2/p-1. The number of Topliss-reactive ketones (excluding diaryl/α,β-unsaturated/α-hetero) is 1. The van der Waals surface area contributed by atoms with Crippen molar-refractivity contribution in [3.8, 4) is 0 Å². The van der Waals surface area contributed by atoms with E-state index in [9.17, 15) is 9.90 Å². The summed E-state index contributed by atoms with van der Waals surface area (Å²) in [5.41, 5.74) is 4.09. The number of carbonyl (C=O) groups excluding carboxylic acids is 1. The molecule has 7 aliphatic rings. The van der Waals surface area contributed by atoms with E-state index in [1.807, 2.05) is 18.0 Å². The molecule has 25 heavy (non-hydrogen) atoms. The number of ketones is 1. The first-order valence-corrected chi connectivity index (χ1v) is 10.3. The lowest BCUT2D eigenvalue weighted by molar-refractivity contribution is -0.246. The van der Waals surface area contributed by atoms with Crippen LogP contribution in [0.4, 0.5) is 0 Å². The summed E-state index contributed by atoms with van der Waals surface area (Å²) in [5.74, 6) is 0.211. The van der Waals surface area contributed by atoms with E-state index in [-0.39, 0.29) is 27.1 Å². The van der Waals surface area contributed by atoms with Gasteiger partial charge in [-0.15, -0.1) is 11.8 Å². The maximum absolute atomic E-state index is 13.3. The number of halogens is 1. The molecule has 1 aromatic rings. The number of H-pyrrole nitrogens is 1. The second-order valence-corrected chi connectivity index (χ2v) is 10.2. The largest absolute Gasteiger partial charge is 0.870 e. The summed E-state index contributed by atoms with van der Waals surface area (Å²) in [6.45, 7) is 0.752. The van der Waals surface area contributed by atoms with Gasteiger partial charge in [0, 0.05) is 41.5 Å². The first-order chi connectivity index (χ1) is 12.1. The molecule has 4 unspecified atom stereocenters. The van der Waals surface area contributed by atoms with Crippen LogP contribution < -0.4 is 10.4 Å². The maximum Gasteiger partial charge on any atom is 0.170 e. The summed E-state index contributed by atoms with van der Waals surface area (Å²) in [6.07, 6.45) is 6.39. The smallest absolute Gasteiger partial charge is 0.170 e. The summed E-state index contributed by atoms with van der Waals surface area (Å²) in [5, 5.41) is 17.0. The Morgan fingerprint density at radius 3 is 3.20 bits per heavy atom. The van der Waals surface area contributed by atoms with Gasteiger partial charge in [-0.25, -0.2) is 0 Å². The van der Waals surface area contributed by atoms with Gasteiger partial charge in [-0.05, 0) is 34.3 Å². The van der Waals surface area contributed by atoms with E-state index >= 15 is 0 Å². The van der Waals surface area contributed by atoms with Crippen molar-refractivity contribution in [2.75, 3.05) is 6.54 Å². The van der Waals surface area contributed by atoms with E-state index in [1.54, 1.807) is 0 Å². The van der Waals surface area contributed by atoms with Crippen LogP contribution >= 0.6 is 27.7 Å². The molecule has 5 heterocycles. The van der Waals surface area contributed by atoms with Crippen molar-refractivity contribution in [3.05, 3.63) is 39.3 Å². The van der Waals surface area contributed by atoms with Gasteiger partial charge in [-0.1, -0.05) is 11.8 Å². The predicted octanol–water partition coefficient (Wildman–Crippen LogP) is 1.45. The van der Waals surface area contributed by atoms with Gasteiger partial charge < -0.3 is 15.4 Å². The number of nitrogens with one attached hydrogen (secondary N) is 2. The van der Waals surface area contributed by atoms with Gasteiger partial charge in [-0.3, -0.25) is 9.79 Å². The van der Waals surface area contributed by atoms with Crippen molar-refractivity contribution >= 4 is 44.9 Å². The Bertz CT molecular complexity index is 1040. The molecule has 0 amide bonds. The second kappa shape index (κ2) is 3.64. The lowest BCUT2D eigenvalue weighted by Crippen LogP contribution is -2.51. The van der Waals surface area contributed by atoms with Gasteiger partial charge in [0.25, 0.3) is 0 Å². The van der Waals surface area contributed by atoms with Gasteiger partial charge in [0.15, 0.2) is 5.78 Å². The Balaban J connectivity index is 1.63. The molecule has 3 aliphatic carbocycles. The van der Waals surface area contributed by atoms with Crippen LogP contribution in [0.15, 0.2) is 27.4 Å². The number of piperidine rings is 1. The fraction of sp³-hybridized carbons (Fsp3) is 0.444. The predicted molar refractivity (Wildman–Crippen MR) is 96.2 cm³/mol. The van der Waals surface area contributed by atoms with E-state index < -0.39 is 5.41 Å². The average Bonchev–Trinajstić information content (AvgIpc) is 2.90. The minimum atomic E-state index is -0.452.